The maximum absolute atomic E-state index is 12.4. The number of hydrogen-bond acceptors (Lipinski definition) is 5. The number of nitrogens with one attached hydrogen (secondary N) is 2. The van der Waals surface area contributed by atoms with Crippen LogP contribution in [0.4, 0.5) is 11.4 Å². The molecule has 2 fully saturated rings. The minimum atomic E-state index is -0.366. The molecule has 1 unspecified atom stereocenters. The lowest BCUT2D eigenvalue weighted by Crippen LogP contribution is -2.39. The van der Waals surface area contributed by atoms with Gasteiger partial charge in [-0.25, -0.2) is 0 Å². The summed E-state index contributed by atoms with van der Waals surface area (Å²) in [6.45, 7) is 1.90. The highest BCUT2D eigenvalue weighted by Gasteiger charge is 2.28. The molecule has 4 rings (SSSR count). The van der Waals surface area contributed by atoms with Gasteiger partial charge in [-0.1, -0.05) is 12.1 Å². The lowest BCUT2D eigenvalue weighted by Gasteiger charge is -2.22. The van der Waals surface area contributed by atoms with E-state index in [-0.39, 0.29) is 36.2 Å². The largest absolute Gasteiger partial charge is 0.368 e. The number of carbonyl (C=O) groups excluding carboxylic acids is 4. The molecule has 34 heavy (non-hydrogen) atoms. The molecule has 0 saturated carbocycles. The molecule has 0 aliphatic carbocycles. The molecular formula is C25H29N5O4. The van der Waals surface area contributed by atoms with E-state index in [2.05, 4.69) is 10.6 Å². The predicted molar refractivity (Wildman–Crippen MR) is 128 cm³/mol. The van der Waals surface area contributed by atoms with Crippen molar-refractivity contribution in [2.24, 2.45) is 5.73 Å². The molecule has 0 aromatic heterocycles. The van der Waals surface area contributed by atoms with E-state index in [0.717, 1.165) is 37.1 Å². The number of nitrogens with two attached hydrogens (primary N) is 1. The van der Waals surface area contributed by atoms with Gasteiger partial charge in [-0.3, -0.25) is 24.1 Å². The fourth-order valence-electron chi connectivity index (χ4n) is 4.50. The first-order chi connectivity index (χ1) is 16.4. The Morgan fingerprint density at radius 3 is 2.53 bits per heavy atom. The quantitative estimate of drug-likeness (QED) is 0.549. The summed E-state index contributed by atoms with van der Waals surface area (Å²) in [5.41, 5.74) is 8.26. The molecule has 0 bridgehead atoms. The number of benzene rings is 2. The Hall–Kier alpha value is -3.72. The summed E-state index contributed by atoms with van der Waals surface area (Å²) < 4.78 is 0. The number of anilines is 2. The molecular weight excluding hydrogens is 434 g/mol. The third-order valence-corrected chi connectivity index (χ3v) is 6.21. The van der Waals surface area contributed by atoms with Crippen LogP contribution in [0.2, 0.25) is 0 Å². The minimum Gasteiger partial charge on any atom is -0.368 e. The van der Waals surface area contributed by atoms with Crippen LogP contribution in [0.3, 0.4) is 0 Å². The Labute approximate surface area is 198 Å². The van der Waals surface area contributed by atoms with Crippen LogP contribution in [-0.2, 0) is 20.9 Å². The summed E-state index contributed by atoms with van der Waals surface area (Å²) in [5, 5.41) is 5.41. The lowest BCUT2D eigenvalue weighted by atomic mass is 10.1. The van der Waals surface area contributed by atoms with Crippen molar-refractivity contribution in [3.63, 3.8) is 0 Å². The van der Waals surface area contributed by atoms with Gasteiger partial charge in [0.15, 0.2) is 0 Å². The van der Waals surface area contributed by atoms with Gasteiger partial charge in [0, 0.05) is 36.4 Å². The van der Waals surface area contributed by atoms with Gasteiger partial charge in [0.25, 0.3) is 5.91 Å². The van der Waals surface area contributed by atoms with Crippen LogP contribution < -0.4 is 21.3 Å². The molecule has 2 saturated heterocycles. The lowest BCUT2D eigenvalue weighted by molar-refractivity contribution is -0.122. The molecule has 4 N–H and O–H groups in total. The Balaban J connectivity index is 1.27. The van der Waals surface area contributed by atoms with E-state index in [4.69, 9.17) is 5.73 Å². The highest BCUT2D eigenvalue weighted by Crippen LogP contribution is 2.22. The topological polar surface area (TPSA) is 125 Å². The molecule has 2 aliphatic heterocycles. The normalized spacial score (nSPS) is 18.2. The van der Waals surface area contributed by atoms with Crippen LogP contribution in [0.1, 0.15) is 41.6 Å². The summed E-state index contributed by atoms with van der Waals surface area (Å²) in [7, 11) is 0. The molecule has 2 aromatic carbocycles. The summed E-state index contributed by atoms with van der Waals surface area (Å²) in [4.78, 5) is 52.0. The molecule has 2 aliphatic rings. The second-order valence-electron chi connectivity index (χ2n) is 8.66. The maximum Gasteiger partial charge on any atom is 0.251 e. The summed E-state index contributed by atoms with van der Waals surface area (Å²) >= 11 is 0. The van der Waals surface area contributed by atoms with Crippen molar-refractivity contribution in [1.82, 2.24) is 10.2 Å². The van der Waals surface area contributed by atoms with Crippen molar-refractivity contribution < 1.29 is 19.2 Å². The van der Waals surface area contributed by atoms with Gasteiger partial charge in [0.2, 0.25) is 17.7 Å². The van der Waals surface area contributed by atoms with Gasteiger partial charge in [0.1, 0.15) is 0 Å². The van der Waals surface area contributed by atoms with Crippen molar-refractivity contribution in [3.8, 4) is 0 Å². The molecule has 1 atom stereocenters. The van der Waals surface area contributed by atoms with Crippen molar-refractivity contribution in [3.05, 3.63) is 59.7 Å². The van der Waals surface area contributed by atoms with Gasteiger partial charge < -0.3 is 21.3 Å². The number of rotatable bonds is 8. The molecule has 9 nitrogen and oxygen atoms in total. The predicted octanol–water partition coefficient (Wildman–Crippen LogP) is 1.63. The summed E-state index contributed by atoms with van der Waals surface area (Å²) in [6, 6.07) is 13.9. The van der Waals surface area contributed by atoms with E-state index >= 15 is 0 Å². The molecule has 178 valence electrons. The summed E-state index contributed by atoms with van der Waals surface area (Å²) in [6.07, 6.45) is 3.09. The van der Waals surface area contributed by atoms with Gasteiger partial charge >= 0.3 is 0 Å². The average Bonchev–Trinajstić information content (AvgIpc) is 3.47. The first-order valence-corrected chi connectivity index (χ1v) is 11.5. The molecule has 2 heterocycles. The van der Waals surface area contributed by atoms with Crippen LogP contribution in [0.15, 0.2) is 48.5 Å². The highest BCUT2D eigenvalue weighted by molar-refractivity contribution is 6.00. The second-order valence-corrected chi connectivity index (χ2v) is 8.66. The minimum absolute atomic E-state index is 0.0889. The Bertz CT molecular complexity index is 1080. The number of likely N-dealkylation sites (tertiary alicyclic amines) is 1. The first kappa shape index (κ1) is 23.4. The van der Waals surface area contributed by atoms with E-state index in [1.807, 2.05) is 23.1 Å². The van der Waals surface area contributed by atoms with Crippen molar-refractivity contribution in [2.45, 2.75) is 38.3 Å². The van der Waals surface area contributed by atoms with Crippen LogP contribution in [0, 0.1) is 0 Å². The first-order valence-electron chi connectivity index (χ1n) is 11.5. The highest BCUT2D eigenvalue weighted by atomic mass is 16.2. The molecule has 4 amide bonds. The zero-order valence-corrected chi connectivity index (χ0v) is 19.0. The molecule has 0 spiro atoms. The fraction of sp³-hybridized carbons (Fsp3) is 0.360. The van der Waals surface area contributed by atoms with E-state index in [1.165, 1.54) is 0 Å². The van der Waals surface area contributed by atoms with Crippen molar-refractivity contribution >= 4 is 35.0 Å². The van der Waals surface area contributed by atoms with Gasteiger partial charge in [-0.2, -0.15) is 0 Å². The van der Waals surface area contributed by atoms with Gasteiger partial charge in [0.05, 0.1) is 12.6 Å². The van der Waals surface area contributed by atoms with E-state index in [9.17, 15) is 19.2 Å². The van der Waals surface area contributed by atoms with Crippen molar-refractivity contribution in [1.29, 1.82) is 0 Å². The number of nitrogens with zero attached hydrogens (tertiary/aromatic N) is 2. The number of primary amides is 1. The monoisotopic (exact) mass is 463 g/mol. The van der Waals surface area contributed by atoms with Crippen LogP contribution in [-0.4, -0.2) is 54.2 Å². The van der Waals surface area contributed by atoms with Crippen LogP contribution in [0.25, 0.3) is 0 Å². The standard InChI is InChI=1S/C25H29N5O4/c26-24(33)21-6-2-12-29(21)16-17-4-1-5-19(14-17)28-22(31)15-27-25(34)18-8-10-20(11-9-18)30-13-3-7-23(30)32/h1,4-5,8-11,14,21H,2-3,6-7,12-13,15-16H2,(H2,26,33)(H,27,34)(H,28,31). The number of carbonyl (C=O) groups is 4. The van der Waals surface area contributed by atoms with Crippen LogP contribution in [0.5, 0.6) is 0 Å². The Morgan fingerprint density at radius 1 is 1.03 bits per heavy atom. The molecule has 2 aromatic rings. The molecule has 0 radical (unpaired) electrons. The third kappa shape index (κ3) is 5.60. The second kappa shape index (κ2) is 10.5. The maximum atomic E-state index is 12.4. The third-order valence-electron chi connectivity index (χ3n) is 6.21. The Kier molecular flexibility index (Phi) is 7.22. The zero-order chi connectivity index (χ0) is 24.1. The van der Waals surface area contributed by atoms with Crippen LogP contribution >= 0.6 is 0 Å². The zero-order valence-electron chi connectivity index (χ0n) is 19.0. The van der Waals surface area contributed by atoms with E-state index in [0.29, 0.717) is 30.8 Å². The van der Waals surface area contributed by atoms with E-state index < -0.39 is 0 Å². The summed E-state index contributed by atoms with van der Waals surface area (Å²) in [5.74, 6) is -0.932. The van der Waals surface area contributed by atoms with E-state index in [1.54, 1.807) is 35.2 Å². The molecule has 9 heteroatoms. The number of amides is 4. The van der Waals surface area contributed by atoms with Gasteiger partial charge in [-0.05, 0) is 67.8 Å². The SMILES string of the molecule is NC(=O)C1CCCN1Cc1cccc(NC(=O)CNC(=O)c2ccc(N3CCCC3=O)cc2)c1. The average molecular weight is 464 g/mol. The Morgan fingerprint density at radius 2 is 1.82 bits per heavy atom. The number of hydrogen-bond donors (Lipinski definition) is 3. The fourth-order valence-corrected chi connectivity index (χ4v) is 4.50. The smallest absolute Gasteiger partial charge is 0.251 e. The van der Waals surface area contributed by atoms with Gasteiger partial charge in [-0.15, -0.1) is 0 Å². The van der Waals surface area contributed by atoms with Crippen molar-refractivity contribution in [2.75, 3.05) is 29.9 Å².